The van der Waals surface area contributed by atoms with Crippen LogP contribution in [0.3, 0.4) is 0 Å². The second kappa shape index (κ2) is 13.1. The van der Waals surface area contributed by atoms with E-state index in [1.165, 1.54) is 11.1 Å². The van der Waals surface area contributed by atoms with E-state index < -0.39 is 11.9 Å². The molecule has 0 aromatic heterocycles. The molecular formula is C32H44N4O4. The molecule has 40 heavy (non-hydrogen) atoms. The first-order valence-electron chi connectivity index (χ1n) is 14.1. The molecule has 2 aliphatic heterocycles. The van der Waals surface area contributed by atoms with Gasteiger partial charge in [0.25, 0.3) is 5.84 Å². The third-order valence-corrected chi connectivity index (χ3v) is 7.66. The van der Waals surface area contributed by atoms with Gasteiger partial charge in [-0.1, -0.05) is 35.4 Å². The third-order valence-electron chi connectivity index (χ3n) is 7.66. The molecule has 216 valence electrons. The van der Waals surface area contributed by atoms with Gasteiger partial charge < -0.3 is 19.8 Å². The summed E-state index contributed by atoms with van der Waals surface area (Å²) in [5.74, 6) is -1.65. The molecule has 0 radical (unpaired) electrons. The lowest BCUT2D eigenvalue weighted by Crippen LogP contribution is -2.49. The lowest BCUT2D eigenvalue weighted by molar-refractivity contribution is -0.502. The van der Waals surface area contributed by atoms with Crippen molar-refractivity contribution >= 4 is 35.0 Å². The van der Waals surface area contributed by atoms with Crippen molar-refractivity contribution in [1.82, 2.24) is 4.90 Å². The predicted molar refractivity (Wildman–Crippen MR) is 156 cm³/mol. The SMILES string of the molecule is CN1CCCC[N+](C)=C1C(=O)[O-].Cc1cc(C)c(N2CCCC[N+](c3c(C)cc(C)cc3C)=C2C(=O)[O-])c(C)c1. The van der Waals surface area contributed by atoms with E-state index in [0.717, 1.165) is 72.4 Å². The highest BCUT2D eigenvalue weighted by atomic mass is 16.4. The van der Waals surface area contributed by atoms with Gasteiger partial charge in [-0.05, 0) is 89.5 Å². The van der Waals surface area contributed by atoms with Crippen molar-refractivity contribution in [1.29, 1.82) is 0 Å². The highest BCUT2D eigenvalue weighted by Crippen LogP contribution is 2.31. The summed E-state index contributed by atoms with van der Waals surface area (Å²) in [6, 6.07) is 8.47. The number of hydrogen-bond donors (Lipinski definition) is 0. The lowest BCUT2D eigenvalue weighted by atomic mass is 10.0. The lowest BCUT2D eigenvalue weighted by Gasteiger charge is -2.24. The molecule has 0 unspecified atom stereocenters. The molecule has 0 saturated heterocycles. The number of anilines is 1. The van der Waals surface area contributed by atoms with Gasteiger partial charge in [-0.2, -0.15) is 0 Å². The van der Waals surface area contributed by atoms with E-state index in [2.05, 4.69) is 65.8 Å². The number of aryl methyl sites for hydroxylation is 6. The van der Waals surface area contributed by atoms with Gasteiger partial charge >= 0.3 is 5.84 Å². The van der Waals surface area contributed by atoms with Crippen LogP contribution in [0.25, 0.3) is 0 Å². The highest BCUT2D eigenvalue weighted by Gasteiger charge is 2.33. The Bertz CT molecular complexity index is 1310. The summed E-state index contributed by atoms with van der Waals surface area (Å²) in [4.78, 5) is 26.8. The number of rotatable bonds is 4. The van der Waals surface area contributed by atoms with Gasteiger partial charge in [0.15, 0.2) is 11.9 Å². The number of hydrogen-bond acceptors (Lipinski definition) is 6. The van der Waals surface area contributed by atoms with Gasteiger partial charge in [-0.3, -0.25) is 9.48 Å². The van der Waals surface area contributed by atoms with Gasteiger partial charge in [-0.15, -0.1) is 0 Å². The van der Waals surface area contributed by atoms with Crippen LogP contribution in [-0.2, 0) is 9.59 Å². The fraction of sp³-hybridized carbons (Fsp3) is 0.500. The van der Waals surface area contributed by atoms with Crippen molar-refractivity contribution in [3.8, 4) is 0 Å². The molecule has 2 heterocycles. The summed E-state index contributed by atoms with van der Waals surface area (Å²) in [6.45, 7) is 15.3. The monoisotopic (exact) mass is 548 g/mol. The normalized spacial score (nSPS) is 16.3. The molecule has 2 aromatic rings. The zero-order chi connectivity index (χ0) is 29.7. The van der Waals surface area contributed by atoms with E-state index in [1.807, 2.05) is 9.48 Å². The van der Waals surface area contributed by atoms with Crippen molar-refractivity contribution in [2.45, 2.75) is 67.2 Å². The zero-order valence-corrected chi connectivity index (χ0v) is 25.4. The molecular weight excluding hydrogens is 504 g/mol. The van der Waals surface area contributed by atoms with Crippen LogP contribution < -0.4 is 15.1 Å². The Hall–Kier alpha value is -3.68. The van der Waals surface area contributed by atoms with Crippen molar-refractivity contribution in [2.75, 3.05) is 45.2 Å². The summed E-state index contributed by atoms with van der Waals surface area (Å²) in [6.07, 6.45) is 3.95. The van der Waals surface area contributed by atoms with E-state index in [1.54, 1.807) is 23.6 Å². The number of aliphatic carboxylic acids is 2. The van der Waals surface area contributed by atoms with Crippen molar-refractivity contribution < 1.29 is 29.0 Å². The number of carbonyl (C=O) groups is 2. The zero-order valence-electron chi connectivity index (χ0n) is 25.4. The minimum absolute atomic E-state index is 0.252. The first kappa shape index (κ1) is 30.9. The van der Waals surface area contributed by atoms with Gasteiger partial charge in [0.05, 0.1) is 40.3 Å². The van der Waals surface area contributed by atoms with E-state index in [0.29, 0.717) is 18.9 Å². The maximum atomic E-state index is 12.4. The molecule has 0 bridgehead atoms. The maximum Gasteiger partial charge on any atom is 0.305 e. The standard InChI is InChI=1S/C24H30N2O2.C8H14N2O2/c1-15-11-17(3)21(18(4)12-15)25-9-7-8-10-26(23(25)24(27)28)22-19(5)13-16(2)14-20(22)6;1-9-5-3-4-6-10(2)7(9)8(11)12/h11-14H,7-10H2,1-6H3;3-6H2,1-2H3. The molecule has 8 heteroatoms. The second-order valence-corrected chi connectivity index (χ2v) is 11.3. The molecule has 0 amide bonds. The average Bonchev–Trinajstić information content (AvgIpc) is 3.13. The largest absolute Gasteiger partial charge is 0.538 e. The first-order valence-corrected chi connectivity index (χ1v) is 14.1. The van der Waals surface area contributed by atoms with Crippen LogP contribution in [0, 0.1) is 41.5 Å². The molecule has 0 atom stereocenters. The van der Waals surface area contributed by atoms with Gasteiger partial charge in [0.1, 0.15) is 11.4 Å². The maximum absolute atomic E-state index is 12.4. The summed E-state index contributed by atoms with van der Waals surface area (Å²) in [7, 11) is 3.57. The van der Waals surface area contributed by atoms with E-state index in [9.17, 15) is 19.8 Å². The third kappa shape index (κ3) is 6.90. The smallest absolute Gasteiger partial charge is 0.305 e. The van der Waals surface area contributed by atoms with Gasteiger partial charge in [-0.25, -0.2) is 9.48 Å². The fourth-order valence-corrected chi connectivity index (χ4v) is 6.26. The van der Waals surface area contributed by atoms with Crippen molar-refractivity contribution in [2.24, 2.45) is 0 Å². The quantitative estimate of drug-likeness (QED) is 0.544. The summed E-state index contributed by atoms with van der Waals surface area (Å²) in [5, 5.41) is 23.1. The number of amidine groups is 2. The van der Waals surface area contributed by atoms with Crippen LogP contribution in [0.2, 0.25) is 0 Å². The molecule has 8 nitrogen and oxygen atoms in total. The number of carboxylic acids is 2. The topological polar surface area (TPSA) is 92.8 Å². The summed E-state index contributed by atoms with van der Waals surface area (Å²) < 4.78 is 3.70. The number of benzene rings is 2. The molecule has 0 saturated carbocycles. The number of carboxylic acid groups (broad SMARTS) is 2. The Morgan fingerprint density at radius 2 is 1.18 bits per heavy atom. The minimum atomic E-state index is -1.12. The van der Waals surface area contributed by atoms with Crippen LogP contribution in [0.4, 0.5) is 11.4 Å². The Morgan fingerprint density at radius 1 is 0.700 bits per heavy atom. The van der Waals surface area contributed by atoms with Crippen LogP contribution in [-0.4, -0.2) is 77.9 Å². The van der Waals surface area contributed by atoms with Crippen LogP contribution in [0.5, 0.6) is 0 Å². The summed E-state index contributed by atoms with van der Waals surface area (Å²) in [5.41, 5.74) is 8.71. The Balaban J connectivity index is 0.000000307. The fourth-order valence-electron chi connectivity index (χ4n) is 6.26. The van der Waals surface area contributed by atoms with E-state index in [-0.39, 0.29) is 5.84 Å². The summed E-state index contributed by atoms with van der Waals surface area (Å²) >= 11 is 0. The number of nitrogens with zero attached hydrogens (tertiary/aromatic N) is 4. The minimum Gasteiger partial charge on any atom is -0.538 e. The number of likely N-dealkylation sites (N-methyl/N-ethyl adjacent to an activating group) is 1. The Kier molecular flexibility index (Phi) is 10.1. The van der Waals surface area contributed by atoms with Gasteiger partial charge in [0.2, 0.25) is 0 Å². The van der Waals surface area contributed by atoms with Crippen LogP contribution in [0.15, 0.2) is 24.3 Å². The van der Waals surface area contributed by atoms with E-state index in [4.69, 9.17) is 0 Å². The molecule has 4 rings (SSSR count). The Labute approximate surface area is 238 Å². The molecule has 0 N–H and O–H groups in total. The van der Waals surface area contributed by atoms with Crippen molar-refractivity contribution in [3.05, 3.63) is 57.6 Å². The Morgan fingerprint density at radius 3 is 1.70 bits per heavy atom. The van der Waals surface area contributed by atoms with E-state index >= 15 is 0 Å². The van der Waals surface area contributed by atoms with Gasteiger partial charge in [0, 0.05) is 0 Å². The molecule has 2 aliphatic rings. The molecule has 0 aliphatic carbocycles. The average molecular weight is 549 g/mol. The first-order chi connectivity index (χ1) is 18.8. The molecule has 0 spiro atoms. The molecule has 0 fully saturated rings. The van der Waals surface area contributed by atoms with Crippen LogP contribution in [0.1, 0.15) is 59.1 Å². The molecule has 2 aromatic carbocycles. The van der Waals surface area contributed by atoms with Crippen molar-refractivity contribution in [3.63, 3.8) is 0 Å². The van der Waals surface area contributed by atoms with Crippen LogP contribution >= 0.6 is 0 Å². The number of carbonyl (C=O) groups excluding carboxylic acids is 2. The predicted octanol–water partition coefficient (Wildman–Crippen LogP) is 2.13. The second-order valence-electron chi connectivity index (χ2n) is 11.3. The highest BCUT2D eigenvalue weighted by molar-refractivity contribution is 6.37.